The summed E-state index contributed by atoms with van der Waals surface area (Å²) in [6.45, 7) is 4.78. The maximum absolute atomic E-state index is 2.39. The summed E-state index contributed by atoms with van der Waals surface area (Å²) in [5, 5.41) is 0. The second-order valence-corrected chi connectivity index (χ2v) is 17.8. The molecule has 1 heteroatoms. The Morgan fingerprint density at radius 1 is 0.692 bits per heavy atom. The summed E-state index contributed by atoms with van der Waals surface area (Å²) in [5.74, 6) is 0. The van der Waals surface area contributed by atoms with Crippen LogP contribution in [0.15, 0.2) is 48.6 Å². The molecular weight excluding hydrogens is 345 g/mol. The molecule has 0 aromatic carbocycles. The van der Waals surface area contributed by atoms with Crippen LogP contribution in [0.25, 0.3) is 0 Å². The zero-order chi connectivity index (χ0) is 9.36. The quantitative estimate of drug-likeness (QED) is 0.661. The van der Waals surface area contributed by atoms with Crippen LogP contribution in [0, 0.1) is 0 Å². The van der Waals surface area contributed by atoms with E-state index in [1.807, 2.05) is 0 Å². The van der Waals surface area contributed by atoms with Gasteiger partial charge in [0, 0.05) is 0 Å². The van der Waals surface area contributed by atoms with Crippen molar-refractivity contribution in [3.8, 4) is 0 Å². The van der Waals surface area contributed by atoms with Crippen LogP contribution in [0.4, 0.5) is 0 Å². The van der Waals surface area contributed by atoms with Crippen molar-refractivity contribution in [2.24, 2.45) is 0 Å². The Morgan fingerprint density at radius 3 is 1.31 bits per heavy atom. The van der Waals surface area contributed by atoms with E-state index >= 15 is 0 Å². The third-order valence-electron chi connectivity index (χ3n) is 2.89. The average molecular weight is 359 g/mol. The van der Waals surface area contributed by atoms with Crippen molar-refractivity contribution in [2.45, 2.75) is 19.7 Å². The van der Waals surface area contributed by atoms with Crippen molar-refractivity contribution in [1.29, 1.82) is 0 Å². The van der Waals surface area contributed by atoms with Crippen LogP contribution in [0.1, 0.15) is 13.8 Å². The number of hydrogen-bond acceptors (Lipinski definition) is 0. The molecule has 0 heterocycles. The van der Waals surface area contributed by atoms with E-state index in [-0.39, 0.29) is 0 Å². The fraction of sp³-hybridized carbons (Fsp3) is 0.333. The van der Waals surface area contributed by atoms with Gasteiger partial charge in [0.25, 0.3) is 0 Å². The summed E-state index contributed by atoms with van der Waals surface area (Å²) < 4.78 is 0.960. The van der Waals surface area contributed by atoms with Gasteiger partial charge in [-0.25, -0.2) is 0 Å². The fourth-order valence-electron chi connectivity index (χ4n) is 2.27. The molecule has 0 aromatic heterocycles. The molecule has 0 nitrogen and oxygen atoms in total. The Kier molecular flexibility index (Phi) is 2.35. The van der Waals surface area contributed by atoms with Gasteiger partial charge in [-0.15, -0.1) is 0 Å². The second-order valence-electron chi connectivity index (χ2n) is 4.62. The topological polar surface area (TPSA) is 0 Å². The standard InChI is InChI=1S/2C6H7.Hg/c2*1-6-4-2-3-5-6;/h2*2-5H,1H3;. The summed E-state index contributed by atoms with van der Waals surface area (Å²) in [4.78, 5) is 0. The van der Waals surface area contributed by atoms with Gasteiger partial charge >= 0.3 is 92.9 Å². The second kappa shape index (κ2) is 3.23. The van der Waals surface area contributed by atoms with E-state index in [4.69, 9.17) is 0 Å². The summed E-state index contributed by atoms with van der Waals surface area (Å²) in [5.41, 5.74) is 0. The molecule has 64 valence electrons. The Hall–Kier alpha value is -0.105. The van der Waals surface area contributed by atoms with E-state index in [0.717, 1.165) is 0 Å². The van der Waals surface area contributed by atoms with Gasteiger partial charge in [-0.1, -0.05) is 0 Å². The predicted octanol–water partition coefficient (Wildman–Crippen LogP) is 3.68. The van der Waals surface area contributed by atoms with Crippen LogP contribution in [0.2, 0.25) is 5.85 Å². The molecule has 0 fully saturated rings. The maximum atomic E-state index is 2.39. The molecule has 0 aliphatic heterocycles. The van der Waals surface area contributed by atoms with Gasteiger partial charge in [0.2, 0.25) is 0 Å². The molecule has 0 spiro atoms. The molecule has 2 rings (SSSR count). The first-order valence-corrected chi connectivity index (χ1v) is 10.4. The van der Waals surface area contributed by atoms with Gasteiger partial charge in [0.15, 0.2) is 0 Å². The number of allylic oxidation sites excluding steroid dienone is 8. The normalized spacial score (nSPS) is 25.4. The molecule has 0 saturated carbocycles. The van der Waals surface area contributed by atoms with Crippen LogP contribution in [-0.4, -0.2) is 0 Å². The third kappa shape index (κ3) is 2.04. The van der Waals surface area contributed by atoms with Gasteiger partial charge in [-0.05, 0) is 0 Å². The summed E-state index contributed by atoms with van der Waals surface area (Å²) in [6.07, 6.45) is 18.4. The van der Waals surface area contributed by atoms with E-state index in [0.29, 0.717) is 5.85 Å². The van der Waals surface area contributed by atoms with Crippen LogP contribution < -0.4 is 0 Å². The molecule has 0 N–H and O–H groups in total. The molecule has 0 atom stereocenters. The van der Waals surface area contributed by atoms with Crippen molar-refractivity contribution in [1.82, 2.24) is 0 Å². The summed E-state index contributed by atoms with van der Waals surface area (Å²) >= 11 is -0.981. The first-order valence-electron chi connectivity index (χ1n) is 4.86. The summed E-state index contributed by atoms with van der Waals surface area (Å²) in [7, 11) is 0. The average Bonchev–Trinajstić information content (AvgIpc) is 2.60. The van der Waals surface area contributed by atoms with Crippen LogP contribution >= 0.6 is 0 Å². The Morgan fingerprint density at radius 2 is 1.00 bits per heavy atom. The molecule has 0 radical (unpaired) electrons. The van der Waals surface area contributed by atoms with Gasteiger partial charge in [0.05, 0.1) is 0 Å². The Labute approximate surface area is 92.5 Å². The van der Waals surface area contributed by atoms with Crippen molar-refractivity contribution in [3.05, 3.63) is 48.6 Å². The Balaban J connectivity index is 2.14. The van der Waals surface area contributed by atoms with Gasteiger partial charge in [0.1, 0.15) is 0 Å². The molecule has 2 aliphatic carbocycles. The molecule has 13 heavy (non-hydrogen) atoms. The van der Waals surface area contributed by atoms with E-state index in [1.165, 1.54) is 0 Å². The molecule has 0 amide bonds. The van der Waals surface area contributed by atoms with Crippen LogP contribution in [-0.2, 0) is 24.6 Å². The minimum absolute atomic E-state index is 0.480. The zero-order valence-electron chi connectivity index (χ0n) is 8.33. The first kappa shape index (κ1) is 9.45. The monoisotopic (exact) mass is 360 g/mol. The van der Waals surface area contributed by atoms with Gasteiger partial charge < -0.3 is 0 Å². The minimum atomic E-state index is -0.981. The molecule has 0 saturated heterocycles. The van der Waals surface area contributed by atoms with Crippen molar-refractivity contribution in [2.75, 3.05) is 0 Å². The molecule has 0 unspecified atom stereocenters. The van der Waals surface area contributed by atoms with E-state index in [9.17, 15) is 0 Å². The predicted molar refractivity (Wildman–Crippen MR) is 53.3 cm³/mol. The van der Waals surface area contributed by atoms with E-state index in [1.54, 1.807) is 0 Å². The number of rotatable bonds is 2. The van der Waals surface area contributed by atoms with Crippen molar-refractivity contribution >= 4 is 0 Å². The fourth-order valence-corrected chi connectivity index (χ4v) is 12.6. The van der Waals surface area contributed by atoms with Gasteiger partial charge in [-0.3, -0.25) is 0 Å². The first-order chi connectivity index (χ1) is 6.12. The molecular formula is C12H14Hg. The van der Waals surface area contributed by atoms with E-state index in [2.05, 4.69) is 62.5 Å². The van der Waals surface area contributed by atoms with Crippen LogP contribution in [0.5, 0.6) is 0 Å². The third-order valence-corrected chi connectivity index (χ3v) is 12.5. The van der Waals surface area contributed by atoms with E-state index < -0.39 is 24.6 Å². The summed E-state index contributed by atoms with van der Waals surface area (Å²) in [6, 6.07) is 0. The molecule has 2 aliphatic rings. The zero-order valence-corrected chi connectivity index (χ0v) is 13.8. The Bertz CT molecular complexity index is 262. The molecule has 0 bridgehead atoms. The SMILES string of the molecule is C[C]1([Hg][C]2(C)C=CC=C2)C=CC=C1. The van der Waals surface area contributed by atoms with Crippen LogP contribution in [0.3, 0.4) is 0 Å². The van der Waals surface area contributed by atoms with Crippen molar-refractivity contribution < 1.29 is 24.6 Å². The van der Waals surface area contributed by atoms with Crippen molar-refractivity contribution in [3.63, 3.8) is 0 Å². The van der Waals surface area contributed by atoms with Gasteiger partial charge in [-0.2, -0.15) is 0 Å². The molecule has 0 aromatic rings. The number of hydrogen-bond donors (Lipinski definition) is 0.